The van der Waals surface area contributed by atoms with E-state index in [1.165, 1.54) is 30.9 Å². The van der Waals surface area contributed by atoms with Gasteiger partial charge in [-0.2, -0.15) is 0 Å². The van der Waals surface area contributed by atoms with Crippen molar-refractivity contribution in [3.8, 4) is 135 Å². The average molecular weight is 1210 g/mol. The summed E-state index contributed by atoms with van der Waals surface area (Å²) >= 11 is 1.86. The molecule has 0 amide bonds. The maximum atomic E-state index is 5.41. The molecule has 0 aliphatic heterocycles. The molecule has 13 aromatic carbocycles. The van der Waals surface area contributed by atoms with Crippen molar-refractivity contribution in [3.05, 3.63) is 315 Å². The number of para-hydroxylation sites is 1. The average Bonchev–Trinajstić information content (AvgIpc) is 1.56. The summed E-state index contributed by atoms with van der Waals surface area (Å²) in [6, 6.07) is 111. The molecule has 0 atom stereocenters. The first-order valence-corrected chi connectivity index (χ1v) is 32.0. The van der Waals surface area contributed by atoms with E-state index in [9.17, 15) is 0 Å². The highest BCUT2D eigenvalue weighted by Crippen LogP contribution is 2.49. The van der Waals surface area contributed by atoms with Crippen molar-refractivity contribution < 1.29 is 0 Å². The van der Waals surface area contributed by atoms with E-state index < -0.39 is 0 Å². The molecule has 7 nitrogen and oxygen atoms in total. The summed E-state index contributed by atoms with van der Waals surface area (Å²) in [6.45, 7) is 0. The van der Waals surface area contributed by atoms with Crippen molar-refractivity contribution in [2.45, 2.75) is 0 Å². The number of benzene rings is 13. The molecule has 436 valence electrons. The van der Waals surface area contributed by atoms with E-state index in [4.69, 9.17) is 29.9 Å². The predicted octanol–water partition coefficient (Wildman–Crippen LogP) is 22.1. The fourth-order valence-electron chi connectivity index (χ4n) is 13.2. The van der Waals surface area contributed by atoms with Crippen LogP contribution in [0.4, 0.5) is 0 Å². The van der Waals surface area contributed by atoms with E-state index in [-0.39, 0.29) is 0 Å². The van der Waals surface area contributed by atoms with Gasteiger partial charge in [0.2, 0.25) is 0 Å². The second-order valence-electron chi connectivity index (χ2n) is 23.5. The van der Waals surface area contributed by atoms with Gasteiger partial charge in [-0.1, -0.05) is 255 Å². The van der Waals surface area contributed by atoms with Crippen molar-refractivity contribution in [3.63, 3.8) is 0 Å². The minimum absolute atomic E-state index is 0.586. The monoisotopic (exact) mass is 1210 g/mol. The van der Waals surface area contributed by atoms with Crippen LogP contribution in [0.25, 0.3) is 177 Å². The van der Waals surface area contributed by atoms with Crippen LogP contribution in [-0.4, -0.2) is 34.5 Å². The molecule has 93 heavy (non-hydrogen) atoms. The number of nitrogens with zero attached hydrogens (tertiary/aromatic N) is 7. The highest BCUT2D eigenvalue weighted by molar-refractivity contribution is 7.26. The number of rotatable bonds is 12. The Morgan fingerprint density at radius 3 is 0.978 bits per heavy atom. The Bertz CT molecular complexity index is 5560. The zero-order chi connectivity index (χ0) is 61.8. The molecule has 0 bridgehead atoms. The Labute approximate surface area is 542 Å². The smallest absolute Gasteiger partial charge is 0.164 e. The van der Waals surface area contributed by atoms with E-state index >= 15 is 0 Å². The van der Waals surface area contributed by atoms with Gasteiger partial charge in [-0.15, -0.1) is 11.3 Å². The molecule has 0 unspecified atom stereocenters. The van der Waals surface area contributed by atoms with Crippen LogP contribution in [-0.2, 0) is 7.05 Å². The first-order chi connectivity index (χ1) is 46.0. The molecule has 0 N–H and O–H groups in total. The minimum Gasteiger partial charge on any atom is -0.343 e. The second-order valence-corrected chi connectivity index (χ2v) is 24.5. The molecule has 0 fully saturated rings. The molecule has 4 aromatic heterocycles. The van der Waals surface area contributed by atoms with Crippen LogP contribution in [0, 0.1) is 0 Å². The summed E-state index contributed by atoms with van der Waals surface area (Å²) < 4.78 is 4.91. The van der Waals surface area contributed by atoms with Gasteiger partial charge in [0.25, 0.3) is 0 Å². The van der Waals surface area contributed by atoms with E-state index in [2.05, 4.69) is 291 Å². The van der Waals surface area contributed by atoms with Crippen LogP contribution in [0.15, 0.2) is 315 Å². The summed E-state index contributed by atoms with van der Waals surface area (Å²) in [5.41, 5.74) is 20.7. The maximum Gasteiger partial charge on any atom is 0.164 e. The predicted molar refractivity (Wildman–Crippen MR) is 385 cm³/mol. The molecule has 0 aliphatic rings. The SMILES string of the molecule is Cn1c2c(-c3cccc(-c4nc(-c5ccccc5)nc(-c5cc(-c6ccccc6)cc(-c6ccccc6)c5)n4)c3)cccc2c2c3sc4ccccc4c3cc(-c3cccc(-c4nc(-c5ccccc5)nc(-c5cc(-c6ccccc6)cc(-c6ccccc6)c5)n4)c3)c21. The van der Waals surface area contributed by atoms with Crippen molar-refractivity contribution in [1.82, 2.24) is 34.5 Å². The number of aryl methyl sites for hydroxylation is 1. The van der Waals surface area contributed by atoms with Gasteiger partial charge in [0.15, 0.2) is 34.9 Å². The first kappa shape index (κ1) is 55.0. The Balaban J connectivity index is 0.826. The van der Waals surface area contributed by atoms with E-state index in [1.807, 2.05) is 47.7 Å². The highest BCUT2D eigenvalue weighted by Gasteiger charge is 2.24. The van der Waals surface area contributed by atoms with Crippen LogP contribution in [0.5, 0.6) is 0 Å². The number of thiophene rings is 1. The van der Waals surface area contributed by atoms with Gasteiger partial charge in [0.1, 0.15) is 0 Å². The first-order valence-electron chi connectivity index (χ1n) is 31.2. The van der Waals surface area contributed by atoms with Gasteiger partial charge in [0, 0.05) is 82.5 Å². The van der Waals surface area contributed by atoms with E-state index in [0.29, 0.717) is 34.9 Å². The third kappa shape index (κ3) is 10.3. The summed E-state index contributed by atoms with van der Waals surface area (Å²) in [5, 5.41) is 4.84. The molecular weight excluding hydrogens is 1150 g/mol. The lowest BCUT2D eigenvalue weighted by atomic mass is 9.95. The van der Waals surface area contributed by atoms with Crippen molar-refractivity contribution in [2.75, 3.05) is 0 Å². The lowest BCUT2D eigenvalue weighted by molar-refractivity contribution is 1.02. The Kier molecular flexibility index (Phi) is 13.8. The van der Waals surface area contributed by atoms with Gasteiger partial charge in [0.05, 0.1) is 11.0 Å². The number of fused-ring (bicyclic) bond motifs is 7. The van der Waals surface area contributed by atoms with Crippen molar-refractivity contribution in [1.29, 1.82) is 0 Å². The molecule has 17 rings (SSSR count). The normalized spacial score (nSPS) is 11.5. The molecule has 8 heteroatoms. The standard InChI is InChI=1S/C85H55N7S/c1-92-77-70(60-37-22-39-62(45-60)82-86-80(58-33-16-6-17-34-58)88-84(90-82)68-49-64(54-25-8-2-9-26-54)47-65(50-68)55-27-10-3-11-28-55)42-24-43-72(77)76-78(92)73(53-74-71-41-20-21-44-75(71)93-79(74)76)61-38-23-40-63(46-61)83-87-81(59-35-18-7-19-36-59)89-85(91-83)69-51-66(56-29-12-4-13-30-56)48-67(52-69)57-31-14-5-15-32-57/h2-53H,1H3. The summed E-state index contributed by atoms with van der Waals surface area (Å²) in [7, 11) is 2.22. The molecular formula is C85H55N7S. The molecule has 0 saturated carbocycles. The van der Waals surface area contributed by atoms with Gasteiger partial charge < -0.3 is 4.57 Å². The van der Waals surface area contributed by atoms with Crippen LogP contribution >= 0.6 is 11.3 Å². The number of hydrogen-bond acceptors (Lipinski definition) is 7. The molecule has 0 saturated heterocycles. The largest absolute Gasteiger partial charge is 0.343 e. The summed E-state index contributed by atoms with van der Waals surface area (Å²) in [5.74, 6) is 3.57. The third-order valence-corrected chi connectivity index (χ3v) is 18.8. The maximum absolute atomic E-state index is 5.41. The quantitative estimate of drug-likeness (QED) is 0.121. The zero-order valence-electron chi connectivity index (χ0n) is 50.6. The molecule has 4 heterocycles. The highest BCUT2D eigenvalue weighted by atomic mass is 32.1. The lowest BCUT2D eigenvalue weighted by Crippen LogP contribution is -2.01. The molecule has 17 aromatic rings. The summed E-state index contributed by atoms with van der Waals surface area (Å²) in [6.07, 6.45) is 0. The van der Waals surface area contributed by atoms with Crippen molar-refractivity contribution in [2.24, 2.45) is 7.05 Å². The van der Waals surface area contributed by atoms with Gasteiger partial charge in [-0.3, -0.25) is 0 Å². The van der Waals surface area contributed by atoms with Crippen molar-refractivity contribution >= 4 is 53.3 Å². The Morgan fingerprint density at radius 1 is 0.226 bits per heavy atom. The summed E-state index contributed by atoms with van der Waals surface area (Å²) in [4.78, 5) is 31.9. The van der Waals surface area contributed by atoms with E-state index in [1.54, 1.807) is 0 Å². The van der Waals surface area contributed by atoms with Gasteiger partial charge >= 0.3 is 0 Å². The van der Waals surface area contributed by atoms with Gasteiger partial charge in [-0.25, -0.2) is 29.9 Å². The minimum atomic E-state index is 0.586. The molecule has 0 radical (unpaired) electrons. The Morgan fingerprint density at radius 2 is 0.538 bits per heavy atom. The molecule has 0 aliphatic carbocycles. The lowest BCUT2D eigenvalue weighted by Gasteiger charge is -2.13. The zero-order valence-corrected chi connectivity index (χ0v) is 51.4. The van der Waals surface area contributed by atoms with Crippen LogP contribution in [0.3, 0.4) is 0 Å². The van der Waals surface area contributed by atoms with E-state index in [0.717, 1.165) is 111 Å². The van der Waals surface area contributed by atoms with Crippen LogP contribution < -0.4 is 0 Å². The second kappa shape index (κ2) is 23.4. The molecule has 0 spiro atoms. The fourth-order valence-corrected chi connectivity index (χ4v) is 14.4. The van der Waals surface area contributed by atoms with Crippen LogP contribution in [0.2, 0.25) is 0 Å². The Hall–Kier alpha value is -12.1. The third-order valence-electron chi connectivity index (χ3n) is 17.6. The number of hydrogen-bond donors (Lipinski definition) is 0. The van der Waals surface area contributed by atoms with Crippen LogP contribution in [0.1, 0.15) is 0 Å². The topological polar surface area (TPSA) is 82.3 Å². The number of aromatic nitrogens is 7. The fraction of sp³-hybridized carbons (Fsp3) is 0.0118. The van der Waals surface area contributed by atoms with Gasteiger partial charge in [-0.05, 0) is 116 Å².